The number of benzene rings is 1. The highest BCUT2D eigenvalue weighted by atomic mass is 16.5. The van der Waals surface area contributed by atoms with Gasteiger partial charge in [0.15, 0.2) is 0 Å². The molecule has 2 aliphatic rings. The molecule has 2 fully saturated rings. The fourth-order valence-electron chi connectivity index (χ4n) is 3.00. The molecule has 0 aromatic heterocycles. The number of nitrogens with zero attached hydrogens (tertiary/aromatic N) is 1. The van der Waals surface area contributed by atoms with E-state index in [0.717, 1.165) is 26.0 Å². The van der Waals surface area contributed by atoms with Crippen molar-refractivity contribution in [3.63, 3.8) is 0 Å². The standard InChI is InChI=1S/C15H19NO2/c17-15-7-6-13-10-18-11-14(8-15)16(13)9-12-4-2-1-3-5-12/h1-5,13-14H,6-11H2. The van der Waals surface area contributed by atoms with Gasteiger partial charge in [-0.15, -0.1) is 0 Å². The van der Waals surface area contributed by atoms with Gasteiger partial charge in [-0.3, -0.25) is 9.69 Å². The van der Waals surface area contributed by atoms with Crippen LogP contribution in [-0.2, 0) is 16.1 Å². The minimum atomic E-state index is 0.277. The van der Waals surface area contributed by atoms with Crippen LogP contribution >= 0.6 is 0 Å². The smallest absolute Gasteiger partial charge is 0.134 e. The van der Waals surface area contributed by atoms with E-state index in [-0.39, 0.29) is 6.04 Å². The Morgan fingerprint density at radius 2 is 1.94 bits per heavy atom. The fourth-order valence-corrected chi connectivity index (χ4v) is 3.00. The van der Waals surface area contributed by atoms with Crippen molar-refractivity contribution < 1.29 is 9.53 Å². The molecule has 0 saturated carbocycles. The Balaban J connectivity index is 1.79. The number of hydrogen-bond acceptors (Lipinski definition) is 3. The van der Waals surface area contributed by atoms with Crippen LogP contribution in [-0.4, -0.2) is 36.0 Å². The van der Waals surface area contributed by atoms with Gasteiger partial charge in [0.1, 0.15) is 5.78 Å². The maximum atomic E-state index is 11.7. The highest BCUT2D eigenvalue weighted by molar-refractivity contribution is 5.79. The lowest BCUT2D eigenvalue weighted by Crippen LogP contribution is -2.50. The summed E-state index contributed by atoms with van der Waals surface area (Å²) in [4.78, 5) is 14.2. The number of carbonyl (C=O) groups excluding carboxylic acids is 1. The summed E-state index contributed by atoms with van der Waals surface area (Å²) < 4.78 is 5.64. The van der Waals surface area contributed by atoms with E-state index in [1.807, 2.05) is 6.07 Å². The minimum Gasteiger partial charge on any atom is -0.378 e. The lowest BCUT2D eigenvalue weighted by molar-refractivity contribution is -0.120. The summed E-state index contributed by atoms with van der Waals surface area (Å²) >= 11 is 0. The van der Waals surface area contributed by atoms with Crippen LogP contribution in [0.15, 0.2) is 30.3 Å². The Hall–Kier alpha value is -1.19. The Labute approximate surface area is 108 Å². The number of fused-ring (bicyclic) bond motifs is 2. The Bertz CT molecular complexity index is 418. The maximum absolute atomic E-state index is 11.7. The van der Waals surface area contributed by atoms with Crippen molar-refractivity contribution in [1.29, 1.82) is 0 Å². The summed E-state index contributed by atoms with van der Waals surface area (Å²) in [7, 11) is 0. The second-order valence-corrected chi connectivity index (χ2v) is 5.28. The molecular weight excluding hydrogens is 226 g/mol. The van der Waals surface area contributed by atoms with Crippen molar-refractivity contribution in [2.24, 2.45) is 0 Å². The van der Waals surface area contributed by atoms with Crippen molar-refractivity contribution in [2.75, 3.05) is 13.2 Å². The quantitative estimate of drug-likeness (QED) is 0.798. The second-order valence-electron chi connectivity index (χ2n) is 5.28. The number of carbonyl (C=O) groups is 1. The van der Waals surface area contributed by atoms with Gasteiger partial charge in [-0.25, -0.2) is 0 Å². The first-order valence-corrected chi connectivity index (χ1v) is 6.72. The van der Waals surface area contributed by atoms with Gasteiger partial charge >= 0.3 is 0 Å². The zero-order valence-electron chi connectivity index (χ0n) is 10.5. The van der Waals surface area contributed by atoms with Crippen molar-refractivity contribution in [2.45, 2.75) is 37.9 Å². The Morgan fingerprint density at radius 1 is 1.17 bits per heavy atom. The molecule has 2 heterocycles. The van der Waals surface area contributed by atoms with Gasteiger partial charge in [-0.1, -0.05) is 30.3 Å². The predicted molar refractivity (Wildman–Crippen MR) is 69.2 cm³/mol. The second kappa shape index (κ2) is 5.21. The van der Waals surface area contributed by atoms with Gasteiger partial charge < -0.3 is 4.74 Å². The van der Waals surface area contributed by atoms with Crippen LogP contribution in [0.3, 0.4) is 0 Å². The van der Waals surface area contributed by atoms with Gasteiger partial charge in [-0.2, -0.15) is 0 Å². The lowest BCUT2D eigenvalue weighted by atomic mass is 10.1. The van der Waals surface area contributed by atoms with Crippen LogP contribution < -0.4 is 0 Å². The van der Waals surface area contributed by atoms with E-state index in [2.05, 4.69) is 29.2 Å². The topological polar surface area (TPSA) is 29.5 Å². The van der Waals surface area contributed by atoms with Crippen molar-refractivity contribution in [3.8, 4) is 0 Å². The number of hydrogen-bond donors (Lipinski definition) is 0. The molecule has 3 nitrogen and oxygen atoms in total. The molecule has 2 saturated heterocycles. The predicted octanol–water partition coefficient (Wildman–Crippen LogP) is 2.01. The Morgan fingerprint density at radius 3 is 2.78 bits per heavy atom. The number of rotatable bonds is 2. The van der Waals surface area contributed by atoms with Crippen LogP contribution in [0, 0.1) is 0 Å². The zero-order chi connectivity index (χ0) is 12.4. The highest BCUT2D eigenvalue weighted by Crippen LogP contribution is 2.26. The molecule has 18 heavy (non-hydrogen) atoms. The number of morpholine rings is 1. The van der Waals surface area contributed by atoms with E-state index < -0.39 is 0 Å². The molecule has 96 valence electrons. The molecule has 3 rings (SSSR count). The number of ether oxygens (including phenoxy) is 1. The van der Waals surface area contributed by atoms with Crippen LogP contribution in [0.4, 0.5) is 0 Å². The fraction of sp³-hybridized carbons (Fsp3) is 0.533. The van der Waals surface area contributed by atoms with E-state index in [1.54, 1.807) is 0 Å². The van der Waals surface area contributed by atoms with Gasteiger partial charge in [0, 0.05) is 31.5 Å². The molecule has 3 heteroatoms. The van der Waals surface area contributed by atoms with E-state index in [4.69, 9.17) is 4.74 Å². The summed E-state index contributed by atoms with van der Waals surface area (Å²) in [6.07, 6.45) is 2.32. The number of ketones is 1. The minimum absolute atomic E-state index is 0.277. The monoisotopic (exact) mass is 245 g/mol. The molecule has 2 aliphatic heterocycles. The third kappa shape index (κ3) is 2.47. The van der Waals surface area contributed by atoms with Gasteiger partial charge in [-0.05, 0) is 12.0 Å². The molecule has 2 unspecified atom stereocenters. The van der Waals surface area contributed by atoms with Gasteiger partial charge in [0.2, 0.25) is 0 Å². The molecule has 2 bridgehead atoms. The largest absolute Gasteiger partial charge is 0.378 e. The summed E-state index contributed by atoms with van der Waals surface area (Å²) in [6, 6.07) is 11.2. The molecular formula is C15H19NO2. The summed E-state index contributed by atoms with van der Waals surface area (Å²) in [6.45, 7) is 2.42. The van der Waals surface area contributed by atoms with E-state index >= 15 is 0 Å². The van der Waals surface area contributed by atoms with E-state index in [0.29, 0.717) is 24.9 Å². The van der Waals surface area contributed by atoms with Crippen molar-refractivity contribution in [3.05, 3.63) is 35.9 Å². The molecule has 1 aromatic rings. The Kier molecular flexibility index (Phi) is 3.43. The third-order valence-electron chi connectivity index (χ3n) is 3.99. The molecule has 0 N–H and O–H groups in total. The van der Waals surface area contributed by atoms with Gasteiger partial charge in [0.25, 0.3) is 0 Å². The molecule has 0 aliphatic carbocycles. The first-order chi connectivity index (χ1) is 8.83. The van der Waals surface area contributed by atoms with E-state index in [9.17, 15) is 4.79 Å². The average molecular weight is 245 g/mol. The first-order valence-electron chi connectivity index (χ1n) is 6.72. The van der Waals surface area contributed by atoms with Gasteiger partial charge in [0.05, 0.1) is 13.2 Å². The van der Waals surface area contributed by atoms with Crippen LogP contribution in [0.1, 0.15) is 24.8 Å². The SMILES string of the molecule is O=C1CCC2COCC(C1)N2Cc1ccccc1. The normalized spacial score (nSPS) is 29.0. The summed E-state index contributed by atoms with van der Waals surface area (Å²) in [5, 5.41) is 0. The summed E-state index contributed by atoms with van der Waals surface area (Å²) in [5.74, 6) is 0.395. The summed E-state index contributed by atoms with van der Waals surface area (Å²) in [5.41, 5.74) is 1.32. The molecule has 2 atom stereocenters. The molecule has 1 aromatic carbocycles. The van der Waals surface area contributed by atoms with E-state index in [1.165, 1.54) is 5.56 Å². The maximum Gasteiger partial charge on any atom is 0.134 e. The van der Waals surface area contributed by atoms with Crippen molar-refractivity contribution in [1.82, 2.24) is 4.90 Å². The zero-order valence-corrected chi connectivity index (χ0v) is 10.5. The van der Waals surface area contributed by atoms with Crippen molar-refractivity contribution >= 4 is 5.78 Å². The van der Waals surface area contributed by atoms with Crippen LogP contribution in [0.5, 0.6) is 0 Å². The first kappa shape index (κ1) is 11.9. The molecule has 0 amide bonds. The van der Waals surface area contributed by atoms with Crippen LogP contribution in [0.2, 0.25) is 0 Å². The molecule has 0 radical (unpaired) electrons. The number of Topliss-reactive ketones (excluding diaryl/α,β-unsaturated/α-hetero) is 1. The third-order valence-corrected chi connectivity index (χ3v) is 3.99. The molecule has 0 spiro atoms. The average Bonchev–Trinajstić information content (AvgIpc) is 2.48. The highest BCUT2D eigenvalue weighted by Gasteiger charge is 2.35. The lowest BCUT2D eigenvalue weighted by Gasteiger charge is -2.40. The van der Waals surface area contributed by atoms with Crippen LogP contribution in [0.25, 0.3) is 0 Å².